The number of benzene rings is 1. The second-order valence-electron chi connectivity index (χ2n) is 8.83. The lowest BCUT2D eigenvalue weighted by Crippen LogP contribution is -2.43. The number of carbonyl (C=O) groups is 4. The largest absolute Gasteiger partial charge is 0.465 e. The molecule has 2 aliphatic heterocycles. The van der Waals surface area contributed by atoms with Gasteiger partial charge in [0.25, 0.3) is 0 Å². The normalized spacial score (nSPS) is 17.0. The molecule has 4 amide bonds. The molecule has 2 saturated heterocycles. The van der Waals surface area contributed by atoms with E-state index in [0.29, 0.717) is 49.7 Å². The van der Waals surface area contributed by atoms with Gasteiger partial charge in [0, 0.05) is 50.1 Å². The SMILES string of the molecule is O=C(NCC1CCN(C(=O)/C=C/c2ccco2)CC1)C(=O)Nc1cccc(N2CCCCC2=O)c1. The van der Waals surface area contributed by atoms with Crippen molar-refractivity contribution in [2.24, 2.45) is 5.92 Å². The number of rotatable bonds is 6. The maximum Gasteiger partial charge on any atom is 0.313 e. The second-order valence-corrected chi connectivity index (χ2v) is 8.83. The summed E-state index contributed by atoms with van der Waals surface area (Å²) in [6, 6.07) is 10.5. The lowest BCUT2D eigenvalue weighted by Gasteiger charge is -2.31. The van der Waals surface area contributed by atoms with Crippen LogP contribution >= 0.6 is 0 Å². The summed E-state index contributed by atoms with van der Waals surface area (Å²) in [4.78, 5) is 52.7. The Labute approximate surface area is 204 Å². The van der Waals surface area contributed by atoms with E-state index in [1.807, 2.05) is 6.07 Å². The van der Waals surface area contributed by atoms with E-state index in [1.165, 1.54) is 6.08 Å². The standard InChI is InChI=1S/C26H30N4O5/c31-23(10-9-22-7-4-16-35-22)29-14-11-19(12-15-29)18-27-25(33)26(34)28-20-5-3-6-21(17-20)30-13-2-1-8-24(30)32/h3-7,9-10,16-17,19H,1-2,8,11-15,18H2,(H,27,33)(H,28,34)/b10-9+. The van der Waals surface area contributed by atoms with Crippen molar-refractivity contribution < 1.29 is 23.6 Å². The van der Waals surface area contributed by atoms with E-state index >= 15 is 0 Å². The van der Waals surface area contributed by atoms with Crippen molar-refractivity contribution in [2.45, 2.75) is 32.1 Å². The predicted molar refractivity (Wildman–Crippen MR) is 131 cm³/mol. The molecule has 0 unspecified atom stereocenters. The molecule has 3 heterocycles. The van der Waals surface area contributed by atoms with Gasteiger partial charge in [0.05, 0.1) is 6.26 Å². The predicted octanol–water partition coefficient (Wildman–Crippen LogP) is 2.80. The van der Waals surface area contributed by atoms with Crippen LogP contribution in [0.1, 0.15) is 37.9 Å². The first-order valence-corrected chi connectivity index (χ1v) is 12.0. The third kappa shape index (κ3) is 6.59. The number of hydrogen-bond donors (Lipinski definition) is 2. The number of hydrogen-bond acceptors (Lipinski definition) is 5. The highest BCUT2D eigenvalue weighted by Gasteiger charge is 2.24. The zero-order valence-electron chi connectivity index (χ0n) is 19.6. The van der Waals surface area contributed by atoms with Crippen LogP contribution < -0.4 is 15.5 Å². The average Bonchev–Trinajstić information content (AvgIpc) is 3.40. The van der Waals surface area contributed by atoms with Gasteiger partial charge in [-0.25, -0.2) is 0 Å². The second kappa shape index (κ2) is 11.5. The number of furan rings is 1. The molecule has 35 heavy (non-hydrogen) atoms. The van der Waals surface area contributed by atoms with Gasteiger partial charge < -0.3 is 24.9 Å². The van der Waals surface area contributed by atoms with E-state index in [9.17, 15) is 19.2 Å². The zero-order valence-corrected chi connectivity index (χ0v) is 19.6. The van der Waals surface area contributed by atoms with Gasteiger partial charge in [-0.3, -0.25) is 19.2 Å². The number of amides is 4. The Hall–Kier alpha value is -3.88. The molecule has 0 atom stereocenters. The van der Waals surface area contributed by atoms with Crippen molar-refractivity contribution in [2.75, 3.05) is 36.4 Å². The zero-order chi connectivity index (χ0) is 24.6. The summed E-state index contributed by atoms with van der Waals surface area (Å²) in [5, 5.41) is 5.31. The van der Waals surface area contributed by atoms with Crippen molar-refractivity contribution >= 4 is 41.1 Å². The Balaban J connectivity index is 1.20. The number of piperidine rings is 2. The summed E-state index contributed by atoms with van der Waals surface area (Å²) in [5.74, 6) is -0.637. The van der Waals surface area contributed by atoms with E-state index in [4.69, 9.17) is 4.42 Å². The molecule has 9 heteroatoms. The molecule has 4 rings (SSSR count). The van der Waals surface area contributed by atoms with Crippen LogP contribution in [0.3, 0.4) is 0 Å². The number of nitrogens with zero attached hydrogens (tertiary/aromatic N) is 2. The van der Waals surface area contributed by atoms with E-state index in [1.54, 1.807) is 52.5 Å². The number of carbonyl (C=O) groups excluding carboxylic acids is 4. The van der Waals surface area contributed by atoms with Crippen LogP contribution in [0.5, 0.6) is 0 Å². The third-order valence-electron chi connectivity index (χ3n) is 6.36. The maximum absolute atomic E-state index is 12.4. The summed E-state index contributed by atoms with van der Waals surface area (Å²) in [6.07, 6.45) is 8.55. The highest BCUT2D eigenvalue weighted by atomic mass is 16.3. The summed E-state index contributed by atoms with van der Waals surface area (Å²) < 4.78 is 5.19. The fraction of sp³-hybridized carbons (Fsp3) is 0.385. The van der Waals surface area contributed by atoms with Gasteiger partial charge in [-0.1, -0.05) is 6.07 Å². The van der Waals surface area contributed by atoms with E-state index in [0.717, 1.165) is 25.7 Å². The molecule has 0 bridgehead atoms. The molecule has 2 fully saturated rings. The quantitative estimate of drug-likeness (QED) is 0.490. The molecular weight excluding hydrogens is 448 g/mol. The minimum absolute atomic E-state index is 0.0683. The molecule has 2 aromatic rings. The molecule has 0 radical (unpaired) electrons. The monoisotopic (exact) mass is 478 g/mol. The summed E-state index contributed by atoms with van der Waals surface area (Å²) in [5.41, 5.74) is 1.18. The lowest BCUT2D eigenvalue weighted by molar-refractivity contribution is -0.136. The van der Waals surface area contributed by atoms with Crippen LogP contribution in [0.2, 0.25) is 0 Å². The summed E-state index contributed by atoms with van der Waals surface area (Å²) >= 11 is 0. The van der Waals surface area contributed by atoms with Crippen LogP contribution in [0.15, 0.2) is 53.2 Å². The van der Waals surface area contributed by atoms with E-state index < -0.39 is 11.8 Å². The van der Waals surface area contributed by atoms with Crippen molar-refractivity contribution in [3.8, 4) is 0 Å². The minimum Gasteiger partial charge on any atom is -0.465 e. The van der Waals surface area contributed by atoms with Gasteiger partial charge in [-0.05, 0) is 68.0 Å². The lowest BCUT2D eigenvalue weighted by atomic mass is 9.96. The Bertz CT molecular complexity index is 1090. The first kappa shape index (κ1) is 24.3. The molecule has 9 nitrogen and oxygen atoms in total. The fourth-order valence-electron chi connectivity index (χ4n) is 4.34. The molecule has 0 spiro atoms. The Morgan fingerprint density at radius 3 is 2.60 bits per heavy atom. The topological polar surface area (TPSA) is 112 Å². The van der Waals surface area contributed by atoms with Gasteiger partial charge in [-0.2, -0.15) is 0 Å². The van der Waals surface area contributed by atoms with Gasteiger partial charge in [-0.15, -0.1) is 0 Å². The first-order valence-electron chi connectivity index (χ1n) is 12.0. The molecule has 0 saturated carbocycles. The van der Waals surface area contributed by atoms with Crippen LogP contribution in [0.25, 0.3) is 6.08 Å². The molecule has 0 aliphatic carbocycles. The Morgan fingerprint density at radius 2 is 1.86 bits per heavy atom. The van der Waals surface area contributed by atoms with E-state index in [2.05, 4.69) is 10.6 Å². The number of likely N-dealkylation sites (tertiary alicyclic amines) is 1. The Kier molecular flexibility index (Phi) is 7.97. The smallest absolute Gasteiger partial charge is 0.313 e. The van der Waals surface area contributed by atoms with Gasteiger partial charge in [0.2, 0.25) is 11.8 Å². The van der Waals surface area contributed by atoms with Gasteiger partial charge in [0.1, 0.15) is 5.76 Å². The van der Waals surface area contributed by atoms with E-state index in [-0.39, 0.29) is 17.7 Å². The Morgan fingerprint density at radius 1 is 1.03 bits per heavy atom. The molecule has 1 aromatic heterocycles. The molecular formula is C26H30N4O5. The average molecular weight is 479 g/mol. The molecule has 1 aromatic carbocycles. The van der Waals surface area contributed by atoms with Crippen LogP contribution in [0, 0.1) is 5.92 Å². The highest BCUT2D eigenvalue weighted by molar-refractivity contribution is 6.39. The van der Waals surface area contributed by atoms with Crippen molar-refractivity contribution in [1.82, 2.24) is 10.2 Å². The first-order chi connectivity index (χ1) is 17.0. The maximum atomic E-state index is 12.4. The van der Waals surface area contributed by atoms with Crippen LogP contribution in [-0.2, 0) is 19.2 Å². The molecule has 184 valence electrons. The number of anilines is 2. The number of nitrogens with one attached hydrogen (secondary N) is 2. The van der Waals surface area contributed by atoms with Crippen molar-refractivity contribution in [3.63, 3.8) is 0 Å². The van der Waals surface area contributed by atoms with Crippen LogP contribution in [0.4, 0.5) is 11.4 Å². The third-order valence-corrected chi connectivity index (χ3v) is 6.36. The van der Waals surface area contributed by atoms with Gasteiger partial charge in [0.15, 0.2) is 0 Å². The van der Waals surface area contributed by atoms with Gasteiger partial charge >= 0.3 is 11.8 Å². The van der Waals surface area contributed by atoms with Crippen molar-refractivity contribution in [3.05, 3.63) is 54.5 Å². The minimum atomic E-state index is -0.747. The molecule has 2 N–H and O–H groups in total. The van der Waals surface area contributed by atoms with Crippen molar-refractivity contribution in [1.29, 1.82) is 0 Å². The fourth-order valence-corrected chi connectivity index (χ4v) is 4.34. The summed E-state index contributed by atoms with van der Waals surface area (Å²) in [6.45, 7) is 2.21. The van der Waals surface area contributed by atoms with Crippen LogP contribution in [-0.4, -0.2) is 54.7 Å². The summed E-state index contributed by atoms with van der Waals surface area (Å²) in [7, 11) is 0. The molecule has 2 aliphatic rings. The highest BCUT2D eigenvalue weighted by Crippen LogP contribution is 2.24.